The predicted molar refractivity (Wildman–Crippen MR) is 135 cm³/mol. The zero-order chi connectivity index (χ0) is 24.8. The fourth-order valence-corrected chi connectivity index (χ4v) is 3.90. The Morgan fingerprint density at radius 3 is 2.17 bits per heavy atom. The predicted octanol–water partition coefficient (Wildman–Crippen LogP) is 5.21. The number of hydrogen-bond acceptors (Lipinski definition) is 5. The van der Waals surface area contributed by atoms with Crippen LogP contribution in [0.3, 0.4) is 0 Å². The highest BCUT2D eigenvalue weighted by Gasteiger charge is 2.19. The standard InChI is InChI=1S/C27H26ClN3O4/c1-33-23-13-19(14-24(34-2)26(23)35-3)15-29-27(32)22-17-31(16-18-7-5-4-6-8-18)30-25(22)20-9-11-21(28)12-10-20/h4-14,17H,15-16H2,1-3H3,(H,29,32). The van der Waals surface area contributed by atoms with Crippen molar-refractivity contribution in [1.29, 1.82) is 0 Å². The Morgan fingerprint density at radius 1 is 0.914 bits per heavy atom. The van der Waals surface area contributed by atoms with Crippen molar-refractivity contribution < 1.29 is 19.0 Å². The third kappa shape index (κ3) is 5.58. The van der Waals surface area contributed by atoms with Crippen LogP contribution in [-0.4, -0.2) is 37.0 Å². The van der Waals surface area contributed by atoms with Gasteiger partial charge in [-0.25, -0.2) is 0 Å². The third-order valence-electron chi connectivity index (χ3n) is 5.49. The number of nitrogens with zero attached hydrogens (tertiary/aromatic N) is 2. The average Bonchev–Trinajstić information content (AvgIpc) is 3.31. The zero-order valence-corrected chi connectivity index (χ0v) is 20.5. The van der Waals surface area contributed by atoms with Crippen LogP contribution in [0.25, 0.3) is 11.3 Å². The van der Waals surface area contributed by atoms with Gasteiger partial charge in [-0.15, -0.1) is 0 Å². The first-order valence-corrected chi connectivity index (χ1v) is 11.3. The molecular weight excluding hydrogens is 466 g/mol. The molecule has 0 fully saturated rings. The highest BCUT2D eigenvalue weighted by Crippen LogP contribution is 2.38. The molecule has 0 saturated carbocycles. The molecule has 1 N–H and O–H groups in total. The van der Waals surface area contributed by atoms with Gasteiger partial charge in [-0.05, 0) is 35.4 Å². The van der Waals surface area contributed by atoms with Crippen molar-refractivity contribution in [2.45, 2.75) is 13.1 Å². The summed E-state index contributed by atoms with van der Waals surface area (Å²) in [7, 11) is 4.66. The van der Waals surface area contributed by atoms with Gasteiger partial charge in [0.2, 0.25) is 5.75 Å². The molecule has 0 bridgehead atoms. The molecular formula is C27H26ClN3O4. The maximum Gasteiger partial charge on any atom is 0.255 e. The molecule has 8 heteroatoms. The lowest BCUT2D eigenvalue weighted by Gasteiger charge is -2.14. The van der Waals surface area contributed by atoms with Crippen LogP contribution in [0.2, 0.25) is 5.02 Å². The number of rotatable bonds is 9. The first-order chi connectivity index (χ1) is 17.0. The number of ether oxygens (including phenoxy) is 3. The summed E-state index contributed by atoms with van der Waals surface area (Å²) in [4.78, 5) is 13.3. The molecule has 7 nitrogen and oxygen atoms in total. The molecule has 0 aliphatic heterocycles. The average molecular weight is 492 g/mol. The van der Waals surface area contributed by atoms with Gasteiger partial charge < -0.3 is 19.5 Å². The van der Waals surface area contributed by atoms with E-state index >= 15 is 0 Å². The molecule has 0 atom stereocenters. The van der Waals surface area contributed by atoms with Crippen LogP contribution in [0.1, 0.15) is 21.5 Å². The van der Waals surface area contributed by atoms with E-state index in [0.29, 0.717) is 40.1 Å². The highest BCUT2D eigenvalue weighted by molar-refractivity contribution is 6.30. The molecule has 1 heterocycles. The molecule has 0 aliphatic carbocycles. The van der Waals surface area contributed by atoms with Crippen LogP contribution in [0, 0.1) is 0 Å². The number of halogens is 1. The molecule has 0 unspecified atom stereocenters. The first-order valence-electron chi connectivity index (χ1n) is 11.0. The lowest BCUT2D eigenvalue weighted by atomic mass is 10.1. The van der Waals surface area contributed by atoms with E-state index in [4.69, 9.17) is 30.9 Å². The number of carbonyl (C=O) groups excluding carboxylic acids is 1. The Bertz CT molecular complexity index is 1280. The van der Waals surface area contributed by atoms with E-state index in [0.717, 1.165) is 16.7 Å². The molecule has 1 amide bonds. The Morgan fingerprint density at radius 2 is 1.57 bits per heavy atom. The van der Waals surface area contributed by atoms with E-state index in [2.05, 4.69) is 5.32 Å². The second-order valence-electron chi connectivity index (χ2n) is 7.80. The van der Waals surface area contributed by atoms with Crippen LogP contribution in [0.4, 0.5) is 0 Å². The maximum atomic E-state index is 13.3. The summed E-state index contributed by atoms with van der Waals surface area (Å²) >= 11 is 6.07. The molecule has 3 aromatic carbocycles. The fraction of sp³-hybridized carbons (Fsp3) is 0.185. The van der Waals surface area contributed by atoms with Gasteiger partial charge >= 0.3 is 0 Å². The topological polar surface area (TPSA) is 74.6 Å². The summed E-state index contributed by atoms with van der Waals surface area (Å²) in [6, 6.07) is 20.8. The van der Waals surface area contributed by atoms with Crippen molar-refractivity contribution in [3.05, 3.63) is 94.6 Å². The third-order valence-corrected chi connectivity index (χ3v) is 5.74. The molecule has 0 saturated heterocycles. The van der Waals surface area contributed by atoms with Crippen LogP contribution in [0.15, 0.2) is 72.9 Å². The number of benzene rings is 3. The summed E-state index contributed by atoms with van der Waals surface area (Å²) < 4.78 is 18.0. The van der Waals surface area contributed by atoms with Crippen molar-refractivity contribution in [2.24, 2.45) is 0 Å². The fourth-order valence-electron chi connectivity index (χ4n) is 3.77. The van der Waals surface area contributed by atoms with Gasteiger partial charge in [0.05, 0.1) is 33.4 Å². The molecule has 180 valence electrons. The quantitative estimate of drug-likeness (QED) is 0.348. The number of nitrogens with one attached hydrogen (secondary N) is 1. The summed E-state index contributed by atoms with van der Waals surface area (Å²) in [6.07, 6.45) is 1.77. The minimum atomic E-state index is -0.247. The van der Waals surface area contributed by atoms with Crippen LogP contribution >= 0.6 is 11.6 Å². The Labute approximate surface area is 209 Å². The minimum absolute atomic E-state index is 0.247. The highest BCUT2D eigenvalue weighted by atomic mass is 35.5. The number of hydrogen-bond donors (Lipinski definition) is 1. The van der Waals surface area contributed by atoms with Gasteiger partial charge in [0.1, 0.15) is 5.69 Å². The zero-order valence-electron chi connectivity index (χ0n) is 19.7. The summed E-state index contributed by atoms with van der Waals surface area (Å²) in [5.41, 5.74) is 3.74. The minimum Gasteiger partial charge on any atom is -0.493 e. The van der Waals surface area contributed by atoms with Gasteiger partial charge in [-0.1, -0.05) is 54.1 Å². The van der Waals surface area contributed by atoms with E-state index in [9.17, 15) is 4.79 Å². The molecule has 35 heavy (non-hydrogen) atoms. The van der Waals surface area contributed by atoms with Crippen molar-refractivity contribution in [2.75, 3.05) is 21.3 Å². The van der Waals surface area contributed by atoms with Gasteiger partial charge in [0, 0.05) is 23.3 Å². The lowest BCUT2D eigenvalue weighted by Crippen LogP contribution is -2.23. The molecule has 4 rings (SSSR count). The van der Waals surface area contributed by atoms with E-state index in [-0.39, 0.29) is 12.5 Å². The Balaban J connectivity index is 1.61. The summed E-state index contributed by atoms with van der Waals surface area (Å²) in [5, 5.41) is 8.32. The van der Waals surface area contributed by atoms with Gasteiger partial charge in [0.25, 0.3) is 5.91 Å². The second kappa shape index (κ2) is 11.0. The van der Waals surface area contributed by atoms with Crippen molar-refractivity contribution >= 4 is 17.5 Å². The lowest BCUT2D eigenvalue weighted by molar-refractivity contribution is 0.0951. The molecule has 4 aromatic rings. The normalized spacial score (nSPS) is 10.6. The largest absolute Gasteiger partial charge is 0.493 e. The second-order valence-corrected chi connectivity index (χ2v) is 8.23. The van der Waals surface area contributed by atoms with Crippen LogP contribution in [0.5, 0.6) is 17.2 Å². The van der Waals surface area contributed by atoms with E-state index in [1.807, 2.05) is 42.5 Å². The van der Waals surface area contributed by atoms with Crippen molar-refractivity contribution in [3.8, 4) is 28.5 Å². The van der Waals surface area contributed by atoms with Gasteiger partial charge in [0.15, 0.2) is 11.5 Å². The number of aromatic nitrogens is 2. The first kappa shape index (κ1) is 24.2. The monoisotopic (exact) mass is 491 g/mol. The van der Waals surface area contributed by atoms with Crippen molar-refractivity contribution in [3.63, 3.8) is 0 Å². The molecule has 0 spiro atoms. The van der Waals surface area contributed by atoms with Gasteiger partial charge in [-0.2, -0.15) is 5.10 Å². The van der Waals surface area contributed by atoms with E-state index in [1.165, 1.54) is 0 Å². The number of carbonyl (C=O) groups is 1. The summed E-state index contributed by atoms with van der Waals surface area (Å²) in [5.74, 6) is 1.29. The smallest absolute Gasteiger partial charge is 0.255 e. The molecule has 1 aromatic heterocycles. The van der Waals surface area contributed by atoms with Crippen LogP contribution < -0.4 is 19.5 Å². The van der Waals surface area contributed by atoms with Crippen molar-refractivity contribution in [1.82, 2.24) is 15.1 Å². The molecule has 0 aliphatic rings. The Kier molecular flexibility index (Phi) is 7.57. The molecule has 0 radical (unpaired) electrons. The summed E-state index contributed by atoms with van der Waals surface area (Å²) in [6.45, 7) is 0.807. The van der Waals surface area contributed by atoms with E-state index < -0.39 is 0 Å². The number of methoxy groups -OCH3 is 3. The van der Waals surface area contributed by atoms with E-state index in [1.54, 1.807) is 56.5 Å². The Hall–Kier alpha value is -3.97. The maximum absolute atomic E-state index is 13.3. The van der Waals surface area contributed by atoms with Crippen LogP contribution in [-0.2, 0) is 13.1 Å². The SMILES string of the molecule is COc1cc(CNC(=O)c2cn(Cc3ccccc3)nc2-c2ccc(Cl)cc2)cc(OC)c1OC. The van der Waals surface area contributed by atoms with Gasteiger partial charge in [-0.3, -0.25) is 9.48 Å². The number of amides is 1.